The number of benzene rings is 2. The predicted molar refractivity (Wildman–Crippen MR) is 103 cm³/mol. The molecule has 0 aliphatic rings. The quantitative estimate of drug-likeness (QED) is 0.739. The first-order chi connectivity index (χ1) is 12.2. The number of para-hydroxylation sites is 1. The van der Waals surface area contributed by atoms with Crippen molar-refractivity contribution in [1.82, 2.24) is 15.2 Å². The molecule has 1 N–H and O–H groups in total. The van der Waals surface area contributed by atoms with Gasteiger partial charge < -0.3 is 15.1 Å². The molecule has 6 nitrogen and oxygen atoms in total. The van der Waals surface area contributed by atoms with E-state index in [4.69, 9.17) is 0 Å². The van der Waals surface area contributed by atoms with Crippen LogP contribution in [0.5, 0.6) is 0 Å². The lowest BCUT2D eigenvalue weighted by Crippen LogP contribution is -2.18. The Balaban J connectivity index is 1.81. The van der Waals surface area contributed by atoms with Crippen LogP contribution >= 0.6 is 0 Å². The highest BCUT2D eigenvalue weighted by Crippen LogP contribution is 2.24. The van der Waals surface area contributed by atoms with Crippen LogP contribution in [-0.2, 0) is 0 Å². The summed E-state index contributed by atoms with van der Waals surface area (Å²) in [7, 11) is 4.03. The molecule has 0 atom stereocenters. The molecule has 0 unspecified atom stereocenters. The van der Waals surface area contributed by atoms with Gasteiger partial charge in [-0.05, 0) is 43.3 Å². The van der Waals surface area contributed by atoms with Crippen LogP contribution in [0.3, 0.4) is 0 Å². The van der Waals surface area contributed by atoms with Gasteiger partial charge in [0.05, 0.1) is 6.20 Å². The fourth-order valence-corrected chi connectivity index (χ4v) is 2.53. The smallest absolute Gasteiger partial charge is 0.249 e. The van der Waals surface area contributed by atoms with E-state index in [2.05, 4.69) is 49.4 Å². The normalized spacial score (nSPS) is 10.4. The van der Waals surface area contributed by atoms with Crippen LogP contribution < -0.4 is 15.1 Å². The van der Waals surface area contributed by atoms with E-state index < -0.39 is 0 Å². The summed E-state index contributed by atoms with van der Waals surface area (Å²) >= 11 is 0. The molecule has 2 aromatic carbocycles. The van der Waals surface area contributed by atoms with E-state index in [9.17, 15) is 0 Å². The molecule has 6 heteroatoms. The maximum absolute atomic E-state index is 4.60. The number of hydrogen-bond acceptors (Lipinski definition) is 6. The zero-order chi connectivity index (χ0) is 17.6. The standard InChI is InChI=1S/C19H22N6/c1-4-25(17-8-6-5-7-9-17)18-14-20-23-19(22-18)21-15-10-12-16(13-11-15)24(2)3/h5-14H,4H2,1-3H3,(H,21,22,23). The molecule has 1 heterocycles. The lowest BCUT2D eigenvalue weighted by molar-refractivity contribution is 0.922. The van der Waals surface area contributed by atoms with Gasteiger partial charge in [0.1, 0.15) is 0 Å². The molecule has 128 valence electrons. The molecule has 0 spiro atoms. The fraction of sp³-hybridized carbons (Fsp3) is 0.211. The summed E-state index contributed by atoms with van der Waals surface area (Å²) in [6.07, 6.45) is 1.68. The summed E-state index contributed by atoms with van der Waals surface area (Å²) in [5.74, 6) is 1.24. The van der Waals surface area contributed by atoms with Crippen LogP contribution in [0.4, 0.5) is 28.8 Å². The molecule has 0 saturated heterocycles. The lowest BCUT2D eigenvalue weighted by atomic mass is 10.2. The van der Waals surface area contributed by atoms with E-state index in [1.54, 1.807) is 6.20 Å². The Hall–Kier alpha value is -3.15. The highest BCUT2D eigenvalue weighted by Gasteiger charge is 2.10. The highest BCUT2D eigenvalue weighted by molar-refractivity contribution is 5.62. The molecule has 0 aliphatic carbocycles. The van der Waals surface area contributed by atoms with Crippen LogP contribution in [0.2, 0.25) is 0 Å². The van der Waals surface area contributed by atoms with Crippen molar-refractivity contribution in [2.24, 2.45) is 0 Å². The molecule has 0 saturated carbocycles. The van der Waals surface area contributed by atoms with Gasteiger partial charge in [-0.15, -0.1) is 5.10 Å². The van der Waals surface area contributed by atoms with Crippen LogP contribution in [0.25, 0.3) is 0 Å². The SMILES string of the molecule is CCN(c1ccccc1)c1cnnc(Nc2ccc(N(C)C)cc2)n1. The lowest BCUT2D eigenvalue weighted by Gasteiger charge is -2.21. The molecule has 1 aromatic heterocycles. The Labute approximate surface area is 148 Å². The Morgan fingerprint density at radius 1 is 0.920 bits per heavy atom. The van der Waals surface area contributed by atoms with Crippen molar-refractivity contribution in [2.45, 2.75) is 6.92 Å². The summed E-state index contributed by atoms with van der Waals surface area (Å²) in [5, 5.41) is 11.4. The van der Waals surface area contributed by atoms with E-state index in [0.717, 1.165) is 29.4 Å². The second-order valence-corrected chi connectivity index (χ2v) is 5.78. The summed E-state index contributed by atoms with van der Waals surface area (Å²) < 4.78 is 0. The zero-order valence-electron chi connectivity index (χ0n) is 14.7. The van der Waals surface area contributed by atoms with Gasteiger partial charge in [-0.25, -0.2) is 0 Å². The van der Waals surface area contributed by atoms with Gasteiger partial charge in [-0.3, -0.25) is 0 Å². The molecule has 0 radical (unpaired) electrons. The fourth-order valence-electron chi connectivity index (χ4n) is 2.53. The Morgan fingerprint density at radius 3 is 2.28 bits per heavy atom. The van der Waals surface area contributed by atoms with E-state index in [0.29, 0.717) is 5.95 Å². The van der Waals surface area contributed by atoms with Crippen molar-refractivity contribution in [2.75, 3.05) is 35.8 Å². The molecule has 0 bridgehead atoms. The first-order valence-corrected chi connectivity index (χ1v) is 8.24. The summed E-state index contributed by atoms with van der Waals surface area (Å²) in [6.45, 7) is 2.88. The molecule has 3 rings (SSSR count). The number of aromatic nitrogens is 3. The Kier molecular flexibility index (Phi) is 5.09. The third kappa shape index (κ3) is 4.03. The Morgan fingerprint density at radius 2 is 1.64 bits per heavy atom. The number of hydrogen-bond donors (Lipinski definition) is 1. The maximum atomic E-state index is 4.60. The third-order valence-electron chi connectivity index (χ3n) is 3.85. The minimum Gasteiger partial charge on any atom is -0.378 e. The van der Waals surface area contributed by atoms with Crippen LogP contribution in [-0.4, -0.2) is 35.8 Å². The van der Waals surface area contributed by atoms with E-state index in [1.807, 2.05) is 56.6 Å². The van der Waals surface area contributed by atoms with Gasteiger partial charge in [-0.1, -0.05) is 18.2 Å². The van der Waals surface area contributed by atoms with Gasteiger partial charge >= 0.3 is 0 Å². The Bertz CT molecular complexity index is 802. The minimum atomic E-state index is 0.476. The van der Waals surface area contributed by atoms with E-state index in [-0.39, 0.29) is 0 Å². The van der Waals surface area contributed by atoms with Crippen molar-refractivity contribution in [3.8, 4) is 0 Å². The molecule has 0 aliphatic heterocycles. The third-order valence-corrected chi connectivity index (χ3v) is 3.85. The number of anilines is 5. The van der Waals surface area contributed by atoms with Gasteiger partial charge in [0.25, 0.3) is 0 Å². The molecular weight excluding hydrogens is 312 g/mol. The molecular formula is C19H22N6. The van der Waals surface area contributed by atoms with Crippen molar-refractivity contribution in [3.05, 3.63) is 60.8 Å². The largest absolute Gasteiger partial charge is 0.378 e. The minimum absolute atomic E-state index is 0.476. The number of nitrogens with one attached hydrogen (secondary N) is 1. The molecule has 0 amide bonds. The molecule has 0 fully saturated rings. The van der Waals surface area contributed by atoms with Crippen molar-refractivity contribution < 1.29 is 0 Å². The maximum Gasteiger partial charge on any atom is 0.249 e. The van der Waals surface area contributed by atoms with Crippen LogP contribution in [0, 0.1) is 0 Å². The first kappa shape index (κ1) is 16.7. The van der Waals surface area contributed by atoms with Crippen molar-refractivity contribution in [1.29, 1.82) is 0 Å². The topological polar surface area (TPSA) is 57.2 Å². The van der Waals surface area contributed by atoms with Gasteiger partial charge in [0.15, 0.2) is 5.82 Å². The average molecular weight is 334 g/mol. The predicted octanol–water partition coefficient (Wildman–Crippen LogP) is 3.84. The van der Waals surface area contributed by atoms with E-state index >= 15 is 0 Å². The highest BCUT2D eigenvalue weighted by atomic mass is 15.3. The molecule has 3 aromatic rings. The van der Waals surface area contributed by atoms with Crippen LogP contribution in [0.1, 0.15) is 6.92 Å². The zero-order valence-corrected chi connectivity index (χ0v) is 14.7. The second kappa shape index (κ2) is 7.61. The second-order valence-electron chi connectivity index (χ2n) is 5.78. The van der Waals surface area contributed by atoms with E-state index in [1.165, 1.54) is 0 Å². The first-order valence-electron chi connectivity index (χ1n) is 8.24. The summed E-state index contributed by atoms with van der Waals surface area (Å²) in [5.41, 5.74) is 3.14. The summed E-state index contributed by atoms with van der Waals surface area (Å²) in [6, 6.07) is 18.2. The van der Waals surface area contributed by atoms with Gasteiger partial charge in [0.2, 0.25) is 5.95 Å². The van der Waals surface area contributed by atoms with Gasteiger partial charge in [-0.2, -0.15) is 10.1 Å². The number of nitrogens with zero attached hydrogens (tertiary/aromatic N) is 5. The van der Waals surface area contributed by atoms with Gasteiger partial charge in [0, 0.05) is 37.7 Å². The van der Waals surface area contributed by atoms with Crippen LogP contribution in [0.15, 0.2) is 60.8 Å². The van der Waals surface area contributed by atoms with Crippen molar-refractivity contribution in [3.63, 3.8) is 0 Å². The molecule has 25 heavy (non-hydrogen) atoms. The summed E-state index contributed by atoms with van der Waals surface area (Å²) in [4.78, 5) is 8.75. The number of rotatable bonds is 6. The average Bonchev–Trinajstić information content (AvgIpc) is 2.64. The monoisotopic (exact) mass is 334 g/mol. The van der Waals surface area contributed by atoms with Crippen molar-refractivity contribution >= 4 is 28.8 Å².